The number of hydrogen-bond donors (Lipinski definition) is 3. The first-order valence-corrected chi connectivity index (χ1v) is 9.75. The summed E-state index contributed by atoms with van der Waals surface area (Å²) >= 11 is 0. The van der Waals surface area contributed by atoms with Gasteiger partial charge in [0.05, 0.1) is 12.3 Å². The van der Waals surface area contributed by atoms with E-state index in [1.165, 1.54) is 0 Å². The maximum absolute atomic E-state index is 12.3. The molecule has 3 aliphatic rings. The molecule has 9 nitrogen and oxygen atoms in total. The number of fused-ring (bicyclic) bond motifs is 1. The number of aromatic nitrogens is 3. The van der Waals surface area contributed by atoms with Crippen LogP contribution < -0.4 is 16.1 Å². The first-order valence-electron chi connectivity index (χ1n) is 9.75. The van der Waals surface area contributed by atoms with Crippen molar-refractivity contribution in [2.45, 2.75) is 31.3 Å². The average Bonchev–Trinajstić information content (AvgIpc) is 3.35. The highest BCUT2D eigenvalue weighted by Crippen LogP contribution is 2.34. The molecule has 146 valence electrons. The lowest BCUT2D eigenvalue weighted by molar-refractivity contribution is -0.119. The standard InChI is InChI=1S/C19H23N7O2/c27-16-10-15(12-4-7-20-8-5-12)26-18(23-16)14(11-22-26)19-25-24-17(28-19)9-13-3-1-2-6-21-13/h1-3,6,10,12,14,18,20,22H,4-5,7-9,11H2,(H,23,27). The van der Waals surface area contributed by atoms with Crippen LogP contribution in [0, 0.1) is 5.92 Å². The van der Waals surface area contributed by atoms with Crippen molar-refractivity contribution >= 4 is 5.91 Å². The number of piperidine rings is 1. The monoisotopic (exact) mass is 381 g/mol. The number of hydrogen-bond acceptors (Lipinski definition) is 8. The molecule has 0 aliphatic carbocycles. The Balaban J connectivity index is 1.34. The van der Waals surface area contributed by atoms with Crippen molar-refractivity contribution in [1.29, 1.82) is 0 Å². The quantitative estimate of drug-likeness (QED) is 0.694. The molecule has 5 rings (SSSR count). The predicted octanol–water partition coefficient (Wildman–Crippen LogP) is 0.299. The molecule has 2 saturated heterocycles. The minimum Gasteiger partial charge on any atom is -0.424 e. The number of carbonyl (C=O) groups excluding carboxylic acids is 1. The summed E-state index contributed by atoms with van der Waals surface area (Å²) in [7, 11) is 0. The predicted molar refractivity (Wildman–Crippen MR) is 99.5 cm³/mol. The zero-order chi connectivity index (χ0) is 18.9. The molecule has 3 aliphatic heterocycles. The Morgan fingerprint density at radius 1 is 1.21 bits per heavy atom. The van der Waals surface area contributed by atoms with Crippen LogP contribution in [0.25, 0.3) is 0 Å². The molecule has 0 aromatic carbocycles. The molecule has 2 fully saturated rings. The third-order valence-electron chi connectivity index (χ3n) is 5.60. The van der Waals surface area contributed by atoms with Crippen molar-refractivity contribution in [3.8, 4) is 0 Å². The number of rotatable bonds is 4. The molecule has 9 heteroatoms. The molecule has 5 heterocycles. The van der Waals surface area contributed by atoms with Crippen LogP contribution in [-0.4, -0.2) is 51.9 Å². The van der Waals surface area contributed by atoms with Crippen LogP contribution in [0.5, 0.6) is 0 Å². The van der Waals surface area contributed by atoms with Crippen LogP contribution in [0.2, 0.25) is 0 Å². The van der Waals surface area contributed by atoms with Crippen molar-refractivity contribution in [1.82, 2.24) is 36.2 Å². The van der Waals surface area contributed by atoms with Gasteiger partial charge in [-0.25, -0.2) is 5.43 Å². The Morgan fingerprint density at radius 3 is 2.93 bits per heavy atom. The molecule has 0 saturated carbocycles. The summed E-state index contributed by atoms with van der Waals surface area (Å²) in [6, 6.07) is 5.74. The number of allylic oxidation sites excluding steroid dienone is 1. The molecule has 2 aromatic rings. The lowest BCUT2D eigenvalue weighted by Crippen LogP contribution is -2.53. The minimum atomic E-state index is -0.217. The molecule has 2 aromatic heterocycles. The number of amides is 1. The fourth-order valence-electron chi connectivity index (χ4n) is 4.20. The molecule has 0 spiro atoms. The van der Waals surface area contributed by atoms with E-state index in [9.17, 15) is 4.79 Å². The van der Waals surface area contributed by atoms with Crippen LogP contribution in [0.15, 0.2) is 40.6 Å². The second-order valence-corrected chi connectivity index (χ2v) is 7.42. The smallest absolute Gasteiger partial charge is 0.247 e. The largest absolute Gasteiger partial charge is 0.424 e. The fourth-order valence-corrected chi connectivity index (χ4v) is 4.20. The van der Waals surface area contributed by atoms with Gasteiger partial charge in [0.1, 0.15) is 6.17 Å². The van der Waals surface area contributed by atoms with Gasteiger partial charge in [-0.3, -0.25) is 14.8 Å². The van der Waals surface area contributed by atoms with Crippen LogP contribution >= 0.6 is 0 Å². The van der Waals surface area contributed by atoms with Crippen molar-refractivity contribution in [3.05, 3.63) is 53.6 Å². The molecule has 2 unspecified atom stereocenters. The van der Waals surface area contributed by atoms with E-state index in [1.807, 2.05) is 18.2 Å². The van der Waals surface area contributed by atoms with Gasteiger partial charge in [0, 0.05) is 36.1 Å². The van der Waals surface area contributed by atoms with E-state index in [4.69, 9.17) is 4.42 Å². The zero-order valence-electron chi connectivity index (χ0n) is 15.5. The van der Waals surface area contributed by atoms with E-state index in [2.05, 4.69) is 36.2 Å². The van der Waals surface area contributed by atoms with Crippen molar-refractivity contribution < 1.29 is 9.21 Å². The highest BCUT2D eigenvalue weighted by atomic mass is 16.4. The fraction of sp³-hybridized carbons (Fsp3) is 0.474. The average molecular weight is 381 g/mol. The Hall–Kier alpha value is -2.78. The van der Waals surface area contributed by atoms with Crippen LogP contribution in [-0.2, 0) is 11.2 Å². The molecule has 0 bridgehead atoms. The third-order valence-corrected chi connectivity index (χ3v) is 5.60. The van der Waals surface area contributed by atoms with Gasteiger partial charge < -0.3 is 15.1 Å². The van der Waals surface area contributed by atoms with Gasteiger partial charge in [0.2, 0.25) is 17.7 Å². The number of hydrazine groups is 1. The maximum Gasteiger partial charge on any atom is 0.247 e. The summed E-state index contributed by atoms with van der Waals surface area (Å²) in [4.78, 5) is 16.6. The zero-order valence-corrected chi connectivity index (χ0v) is 15.5. The normalized spacial score (nSPS) is 25.4. The Morgan fingerprint density at radius 2 is 2.11 bits per heavy atom. The lowest BCUT2D eigenvalue weighted by atomic mass is 9.92. The highest BCUT2D eigenvalue weighted by molar-refractivity contribution is 5.89. The first kappa shape index (κ1) is 17.3. The Kier molecular flexibility index (Phi) is 4.53. The Labute approximate surface area is 162 Å². The van der Waals surface area contributed by atoms with Gasteiger partial charge in [-0.05, 0) is 38.1 Å². The summed E-state index contributed by atoms with van der Waals surface area (Å²) < 4.78 is 5.93. The van der Waals surface area contributed by atoms with E-state index in [-0.39, 0.29) is 18.0 Å². The van der Waals surface area contributed by atoms with E-state index >= 15 is 0 Å². The lowest BCUT2D eigenvalue weighted by Gasteiger charge is -2.38. The van der Waals surface area contributed by atoms with Crippen molar-refractivity contribution in [2.24, 2.45) is 5.92 Å². The van der Waals surface area contributed by atoms with Gasteiger partial charge in [0.15, 0.2) is 0 Å². The minimum absolute atomic E-state index is 0.0586. The molecule has 2 atom stereocenters. The van der Waals surface area contributed by atoms with Gasteiger partial charge in [-0.1, -0.05) is 6.07 Å². The summed E-state index contributed by atoms with van der Waals surface area (Å²) in [5.74, 6) is 1.29. The highest BCUT2D eigenvalue weighted by Gasteiger charge is 2.44. The summed E-state index contributed by atoms with van der Waals surface area (Å²) in [5.41, 5.74) is 5.37. The van der Waals surface area contributed by atoms with Crippen LogP contribution in [0.1, 0.15) is 36.2 Å². The van der Waals surface area contributed by atoms with Gasteiger partial charge in [0.25, 0.3) is 0 Å². The molecular formula is C19H23N7O2. The summed E-state index contributed by atoms with van der Waals surface area (Å²) in [6.45, 7) is 2.59. The van der Waals surface area contributed by atoms with Gasteiger partial charge >= 0.3 is 0 Å². The van der Waals surface area contributed by atoms with Crippen molar-refractivity contribution in [2.75, 3.05) is 19.6 Å². The van der Waals surface area contributed by atoms with Crippen LogP contribution in [0.4, 0.5) is 0 Å². The van der Waals surface area contributed by atoms with Crippen LogP contribution in [0.3, 0.4) is 0 Å². The topological polar surface area (TPSA) is 108 Å². The van der Waals surface area contributed by atoms with Gasteiger partial charge in [-0.15, -0.1) is 10.2 Å². The number of carbonyl (C=O) groups is 1. The van der Waals surface area contributed by atoms with E-state index in [0.717, 1.165) is 37.3 Å². The number of pyridine rings is 1. The summed E-state index contributed by atoms with van der Waals surface area (Å²) in [6.07, 6.45) is 5.81. The summed E-state index contributed by atoms with van der Waals surface area (Å²) in [5, 5.41) is 17.0. The second-order valence-electron chi connectivity index (χ2n) is 7.42. The molecule has 1 amide bonds. The maximum atomic E-state index is 12.3. The number of nitrogens with one attached hydrogen (secondary N) is 3. The van der Waals surface area contributed by atoms with E-state index in [1.54, 1.807) is 12.3 Å². The SMILES string of the molecule is O=C1C=C(C2CCNCC2)N2NCC(c3nnc(Cc4ccccn4)o3)C2N1. The Bertz CT molecular complexity index is 875. The second kappa shape index (κ2) is 7.33. The molecular weight excluding hydrogens is 358 g/mol. The van der Waals surface area contributed by atoms with E-state index in [0.29, 0.717) is 30.7 Å². The number of nitrogens with zero attached hydrogens (tertiary/aromatic N) is 4. The van der Waals surface area contributed by atoms with Crippen molar-refractivity contribution in [3.63, 3.8) is 0 Å². The van der Waals surface area contributed by atoms with Gasteiger partial charge in [-0.2, -0.15) is 0 Å². The molecule has 3 N–H and O–H groups in total. The molecule has 28 heavy (non-hydrogen) atoms. The molecule has 0 radical (unpaired) electrons. The van der Waals surface area contributed by atoms with E-state index < -0.39 is 0 Å². The third kappa shape index (κ3) is 3.27. The first-order chi connectivity index (χ1) is 13.8.